The first kappa shape index (κ1) is 11.1. The third-order valence-electron chi connectivity index (χ3n) is 2.89. The van der Waals surface area contributed by atoms with Gasteiger partial charge >= 0.3 is 0 Å². The first-order valence-corrected chi connectivity index (χ1v) is 5.60. The molecule has 1 aliphatic carbocycles. The maximum Gasteiger partial charge on any atom is 0.0307 e. The molecule has 1 N–H and O–H groups in total. The summed E-state index contributed by atoms with van der Waals surface area (Å²) in [5.41, 5.74) is 0. The highest BCUT2D eigenvalue weighted by Gasteiger charge is 2.17. The van der Waals surface area contributed by atoms with E-state index >= 15 is 0 Å². The van der Waals surface area contributed by atoms with Crippen LogP contribution in [0.1, 0.15) is 32.6 Å². The molecule has 0 saturated heterocycles. The number of hydrogen-bond donors (Lipinski definition) is 1. The van der Waals surface area contributed by atoms with Crippen molar-refractivity contribution < 1.29 is 0 Å². The smallest absolute Gasteiger partial charge is 0.0307 e. The monoisotopic (exact) mass is 201 g/mol. The summed E-state index contributed by atoms with van der Waals surface area (Å²) in [6.45, 7) is 7.87. The molecule has 1 nitrogen and oxygen atoms in total. The topological polar surface area (TPSA) is 12.0 Å². The van der Waals surface area contributed by atoms with Gasteiger partial charge in [0.25, 0.3) is 0 Å². The molecule has 1 aliphatic rings. The third-order valence-corrected chi connectivity index (χ3v) is 3.02. The van der Waals surface area contributed by atoms with Crippen LogP contribution in [0.25, 0.3) is 0 Å². The van der Waals surface area contributed by atoms with E-state index in [2.05, 4.69) is 18.8 Å². The summed E-state index contributed by atoms with van der Waals surface area (Å²) in [4.78, 5) is 0. The Morgan fingerprint density at radius 1 is 1.38 bits per heavy atom. The molecule has 13 heavy (non-hydrogen) atoms. The fraction of sp³-hybridized carbons (Fsp3) is 0.818. The molecule has 0 aromatic carbocycles. The first-order chi connectivity index (χ1) is 6.18. The van der Waals surface area contributed by atoms with Crippen LogP contribution in [0.4, 0.5) is 0 Å². The first-order valence-electron chi connectivity index (χ1n) is 5.22. The summed E-state index contributed by atoms with van der Waals surface area (Å²) in [6.07, 6.45) is 5.55. The van der Waals surface area contributed by atoms with Crippen molar-refractivity contribution >= 4 is 11.6 Å². The zero-order valence-corrected chi connectivity index (χ0v) is 9.24. The zero-order valence-electron chi connectivity index (χ0n) is 8.48. The van der Waals surface area contributed by atoms with Gasteiger partial charge in [-0.25, -0.2) is 0 Å². The van der Waals surface area contributed by atoms with Gasteiger partial charge in [0, 0.05) is 11.6 Å². The van der Waals surface area contributed by atoms with Crippen molar-refractivity contribution in [2.75, 3.05) is 13.1 Å². The Labute approximate surface area is 86.5 Å². The number of halogens is 1. The summed E-state index contributed by atoms with van der Waals surface area (Å²) in [7, 11) is 0. The summed E-state index contributed by atoms with van der Waals surface area (Å²) < 4.78 is 0. The Bertz CT molecular complexity index is 159. The molecule has 76 valence electrons. The SMILES string of the molecule is C=C(Cl)CNCC1CCC(C)CC1. The maximum absolute atomic E-state index is 5.66. The van der Waals surface area contributed by atoms with E-state index in [-0.39, 0.29) is 0 Å². The Balaban J connectivity index is 2.05. The van der Waals surface area contributed by atoms with Gasteiger partial charge in [0.05, 0.1) is 0 Å². The summed E-state index contributed by atoms with van der Waals surface area (Å²) in [5, 5.41) is 4.05. The molecule has 0 radical (unpaired) electrons. The van der Waals surface area contributed by atoms with Gasteiger partial charge in [-0.3, -0.25) is 0 Å². The van der Waals surface area contributed by atoms with E-state index in [4.69, 9.17) is 11.6 Å². The average Bonchev–Trinajstić information content (AvgIpc) is 2.08. The highest BCUT2D eigenvalue weighted by Crippen LogP contribution is 2.27. The van der Waals surface area contributed by atoms with E-state index < -0.39 is 0 Å². The van der Waals surface area contributed by atoms with Crippen LogP contribution >= 0.6 is 11.6 Å². The van der Waals surface area contributed by atoms with Gasteiger partial charge in [-0.2, -0.15) is 0 Å². The van der Waals surface area contributed by atoms with Gasteiger partial charge < -0.3 is 5.32 Å². The molecule has 0 spiro atoms. The molecule has 2 heteroatoms. The predicted molar refractivity (Wildman–Crippen MR) is 59.0 cm³/mol. The molecule has 0 amide bonds. The minimum absolute atomic E-state index is 0.712. The van der Waals surface area contributed by atoms with Gasteiger partial charge in [0.1, 0.15) is 0 Å². The molecule has 0 aromatic rings. The van der Waals surface area contributed by atoms with Crippen molar-refractivity contribution in [2.45, 2.75) is 32.6 Å². The largest absolute Gasteiger partial charge is 0.312 e. The maximum atomic E-state index is 5.66. The lowest BCUT2D eigenvalue weighted by Gasteiger charge is -2.26. The second-order valence-corrected chi connectivity index (χ2v) is 4.81. The summed E-state index contributed by atoms with van der Waals surface area (Å²) in [6, 6.07) is 0. The van der Waals surface area contributed by atoms with E-state index in [1.54, 1.807) is 0 Å². The lowest BCUT2D eigenvalue weighted by molar-refractivity contribution is 0.284. The third kappa shape index (κ3) is 4.68. The molecule has 0 atom stereocenters. The second-order valence-electron chi connectivity index (χ2n) is 4.27. The van der Waals surface area contributed by atoms with Crippen molar-refractivity contribution in [3.63, 3.8) is 0 Å². The van der Waals surface area contributed by atoms with E-state index in [1.807, 2.05) is 0 Å². The van der Waals surface area contributed by atoms with E-state index in [9.17, 15) is 0 Å². The second kappa shape index (κ2) is 5.66. The Hall–Kier alpha value is -0.0100. The summed E-state index contributed by atoms with van der Waals surface area (Å²) in [5.74, 6) is 1.81. The van der Waals surface area contributed by atoms with E-state index in [0.717, 1.165) is 24.9 Å². The molecule has 0 bridgehead atoms. The van der Waals surface area contributed by atoms with Crippen LogP contribution in [-0.2, 0) is 0 Å². The minimum atomic E-state index is 0.712. The van der Waals surface area contributed by atoms with Crippen LogP contribution in [0.5, 0.6) is 0 Å². The zero-order chi connectivity index (χ0) is 9.68. The average molecular weight is 202 g/mol. The Morgan fingerprint density at radius 3 is 2.54 bits per heavy atom. The van der Waals surface area contributed by atoms with Crippen LogP contribution in [0.2, 0.25) is 0 Å². The van der Waals surface area contributed by atoms with Gasteiger partial charge in [-0.05, 0) is 31.2 Å². The fourth-order valence-corrected chi connectivity index (χ4v) is 2.04. The predicted octanol–water partition coefficient (Wildman–Crippen LogP) is 3.15. The lowest BCUT2D eigenvalue weighted by atomic mass is 9.83. The van der Waals surface area contributed by atoms with Gasteiger partial charge in [-0.1, -0.05) is 37.9 Å². The molecular formula is C11H20ClN. The highest BCUT2D eigenvalue weighted by atomic mass is 35.5. The Kier molecular flexibility index (Phi) is 4.82. The van der Waals surface area contributed by atoms with Crippen LogP contribution in [0.3, 0.4) is 0 Å². The van der Waals surface area contributed by atoms with Gasteiger partial charge in [-0.15, -0.1) is 0 Å². The van der Waals surface area contributed by atoms with E-state index in [1.165, 1.54) is 25.7 Å². The summed E-state index contributed by atoms with van der Waals surface area (Å²) >= 11 is 5.66. The van der Waals surface area contributed by atoms with Crippen molar-refractivity contribution in [1.82, 2.24) is 5.32 Å². The van der Waals surface area contributed by atoms with Crippen molar-refractivity contribution in [1.29, 1.82) is 0 Å². The van der Waals surface area contributed by atoms with Crippen LogP contribution in [0, 0.1) is 11.8 Å². The van der Waals surface area contributed by atoms with Crippen molar-refractivity contribution in [3.8, 4) is 0 Å². The van der Waals surface area contributed by atoms with E-state index in [0.29, 0.717) is 5.03 Å². The molecular weight excluding hydrogens is 182 g/mol. The standard InChI is InChI=1S/C11H20ClN/c1-9-3-5-11(6-4-9)8-13-7-10(2)12/h9,11,13H,2-8H2,1H3. The Morgan fingerprint density at radius 2 is 2.00 bits per heavy atom. The lowest BCUT2D eigenvalue weighted by Crippen LogP contribution is -2.26. The molecule has 1 fully saturated rings. The number of hydrogen-bond acceptors (Lipinski definition) is 1. The molecule has 0 unspecified atom stereocenters. The van der Waals surface area contributed by atoms with Gasteiger partial charge in [0.2, 0.25) is 0 Å². The number of rotatable bonds is 4. The van der Waals surface area contributed by atoms with Crippen molar-refractivity contribution in [2.24, 2.45) is 11.8 Å². The highest BCUT2D eigenvalue weighted by molar-refractivity contribution is 6.29. The van der Waals surface area contributed by atoms with Crippen LogP contribution in [-0.4, -0.2) is 13.1 Å². The van der Waals surface area contributed by atoms with Gasteiger partial charge in [0.15, 0.2) is 0 Å². The molecule has 0 aromatic heterocycles. The molecule has 1 saturated carbocycles. The van der Waals surface area contributed by atoms with Crippen molar-refractivity contribution in [3.05, 3.63) is 11.6 Å². The minimum Gasteiger partial charge on any atom is -0.312 e. The van der Waals surface area contributed by atoms with Crippen LogP contribution in [0.15, 0.2) is 11.6 Å². The number of nitrogens with one attached hydrogen (secondary N) is 1. The molecule has 0 aliphatic heterocycles. The quantitative estimate of drug-likeness (QED) is 0.737. The molecule has 1 rings (SSSR count). The normalized spacial score (nSPS) is 28.8. The fourth-order valence-electron chi connectivity index (χ4n) is 1.95. The van der Waals surface area contributed by atoms with Crippen LogP contribution < -0.4 is 5.32 Å². The molecule has 0 heterocycles.